The minimum atomic E-state index is -3.92. The van der Waals surface area contributed by atoms with Crippen molar-refractivity contribution in [2.45, 2.75) is 23.5 Å². The molecule has 0 bridgehead atoms. The van der Waals surface area contributed by atoms with Crippen molar-refractivity contribution in [2.75, 3.05) is 34.7 Å². The molecule has 13 nitrogen and oxygen atoms in total. The molecule has 1 fully saturated rings. The predicted octanol–water partition coefficient (Wildman–Crippen LogP) is 3.46. The fourth-order valence-electron chi connectivity index (χ4n) is 4.71. The van der Waals surface area contributed by atoms with Gasteiger partial charge in [0.1, 0.15) is 17.8 Å². The molecule has 5 rings (SSSR count). The third kappa shape index (κ3) is 5.49. The number of rotatable bonds is 11. The predicted molar refractivity (Wildman–Crippen MR) is 142 cm³/mol. The highest BCUT2D eigenvalue weighted by molar-refractivity contribution is 7.89. The van der Waals surface area contributed by atoms with E-state index in [9.17, 15) is 23.3 Å². The first-order valence-corrected chi connectivity index (χ1v) is 13.8. The van der Waals surface area contributed by atoms with Crippen LogP contribution in [0, 0.1) is 10.1 Å². The number of benzene rings is 3. The zero-order valence-electron chi connectivity index (χ0n) is 22.2. The number of epoxide rings is 1. The standard InChI is InChI=1S/C27H26N2O11S/c1-35-20-9-8-18(23(26(20)36-2)27(30)37-3)24-25(40-24)19-13-22-21(38-14-39-22)12-15(19)10-11-28-41(33,34)17-6-4-16(5-7-17)29(31)32/h4-9,12-13,24-25,28H,10-11,14H2,1-3H3/t24-,25-/m1/s1. The SMILES string of the molecule is COC(=O)c1c([C@H]2O[C@@H]2c2cc3c(cc2CCNS(=O)(=O)c2ccc([N+](=O)[O-])cc2)OCO3)ccc(OC)c1OC. The largest absolute Gasteiger partial charge is 0.493 e. The van der Waals surface area contributed by atoms with Crippen molar-refractivity contribution < 1.29 is 46.6 Å². The Labute approximate surface area is 235 Å². The Kier molecular flexibility index (Phi) is 7.71. The Morgan fingerprint density at radius 2 is 1.68 bits per heavy atom. The molecule has 2 aliphatic rings. The van der Waals surface area contributed by atoms with Gasteiger partial charge in [-0.2, -0.15) is 0 Å². The van der Waals surface area contributed by atoms with Crippen molar-refractivity contribution in [3.63, 3.8) is 0 Å². The molecule has 2 heterocycles. The number of hydrogen-bond acceptors (Lipinski definition) is 11. The Balaban J connectivity index is 1.39. The van der Waals surface area contributed by atoms with Crippen molar-refractivity contribution >= 4 is 21.7 Å². The van der Waals surface area contributed by atoms with E-state index in [1.54, 1.807) is 24.3 Å². The summed E-state index contributed by atoms with van der Waals surface area (Å²) in [5.41, 5.74) is 1.99. The number of methoxy groups -OCH3 is 3. The van der Waals surface area contributed by atoms with E-state index in [0.717, 1.165) is 23.3 Å². The molecule has 3 aromatic carbocycles. The van der Waals surface area contributed by atoms with Crippen LogP contribution in [0.5, 0.6) is 23.0 Å². The number of nitro groups is 1. The highest BCUT2D eigenvalue weighted by atomic mass is 32.2. The molecule has 3 aromatic rings. The molecule has 0 amide bonds. The number of sulfonamides is 1. The fourth-order valence-corrected chi connectivity index (χ4v) is 5.74. The zero-order valence-corrected chi connectivity index (χ0v) is 23.1. The van der Waals surface area contributed by atoms with Gasteiger partial charge in [0.15, 0.2) is 23.0 Å². The number of hydrogen-bond donors (Lipinski definition) is 1. The van der Waals surface area contributed by atoms with Crippen molar-refractivity contribution in [2.24, 2.45) is 0 Å². The lowest BCUT2D eigenvalue weighted by molar-refractivity contribution is -0.384. The second kappa shape index (κ2) is 11.2. The Morgan fingerprint density at radius 1 is 1.00 bits per heavy atom. The molecule has 216 valence electrons. The number of ether oxygens (including phenoxy) is 6. The second-order valence-electron chi connectivity index (χ2n) is 9.04. The van der Waals surface area contributed by atoms with Crippen LogP contribution in [0.15, 0.2) is 53.4 Å². The summed E-state index contributed by atoms with van der Waals surface area (Å²) in [5.74, 6) is 0.998. The summed E-state index contributed by atoms with van der Waals surface area (Å²) in [5, 5.41) is 10.9. The van der Waals surface area contributed by atoms with Crippen molar-refractivity contribution in [3.8, 4) is 23.0 Å². The molecule has 14 heteroatoms. The molecule has 2 atom stereocenters. The molecular weight excluding hydrogens is 560 g/mol. The lowest BCUT2D eigenvalue weighted by atomic mass is 9.94. The van der Waals surface area contributed by atoms with Gasteiger partial charge in [0, 0.05) is 24.2 Å². The smallest absolute Gasteiger partial charge is 0.342 e. The molecule has 0 aliphatic carbocycles. The van der Waals surface area contributed by atoms with Crippen LogP contribution in [0.2, 0.25) is 0 Å². The van der Waals surface area contributed by atoms with Gasteiger partial charge in [-0.1, -0.05) is 6.07 Å². The zero-order chi connectivity index (χ0) is 29.3. The van der Waals surface area contributed by atoms with Crippen LogP contribution in [-0.2, 0) is 25.9 Å². The molecule has 0 spiro atoms. The highest BCUT2D eigenvalue weighted by Crippen LogP contribution is 2.56. The second-order valence-corrected chi connectivity index (χ2v) is 10.8. The lowest BCUT2D eigenvalue weighted by Gasteiger charge is -2.15. The third-order valence-corrected chi connectivity index (χ3v) is 8.23. The van der Waals surface area contributed by atoms with Gasteiger partial charge in [0.25, 0.3) is 5.69 Å². The van der Waals surface area contributed by atoms with Gasteiger partial charge in [-0.15, -0.1) is 0 Å². The van der Waals surface area contributed by atoms with Gasteiger partial charge in [-0.25, -0.2) is 17.9 Å². The maximum absolute atomic E-state index is 12.8. The summed E-state index contributed by atoms with van der Waals surface area (Å²) in [7, 11) is 0.229. The average Bonchev–Trinajstić information content (AvgIpc) is 3.63. The Bertz CT molecular complexity index is 1610. The van der Waals surface area contributed by atoms with Gasteiger partial charge in [0.2, 0.25) is 16.8 Å². The fraction of sp³-hybridized carbons (Fsp3) is 0.296. The van der Waals surface area contributed by atoms with Crippen LogP contribution in [0.25, 0.3) is 0 Å². The van der Waals surface area contributed by atoms with E-state index in [1.807, 2.05) is 0 Å². The topological polar surface area (TPSA) is 165 Å². The number of fused-ring (bicyclic) bond motifs is 1. The molecule has 1 saturated heterocycles. The normalized spacial score (nSPS) is 17.1. The van der Waals surface area contributed by atoms with Crippen molar-refractivity contribution in [3.05, 3.63) is 80.9 Å². The number of nitrogens with zero attached hydrogens (tertiary/aromatic N) is 1. The molecular formula is C27H26N2O11S. The van der Waals surface area contributed by atoms with E-state index >= 15 is 0 Å². The van der Waals surface area contributed by atoms with E-state index in [2.05, 4.69) is 4.72 Å². The van der Waals surface area contributed by atoms with Gasteiger partial charge in [-0.3, -0.25) is 10.1 Å². The summed E-state index contributed by atoms with van der Waals surface area (Å²) in [6, 6.07) is 11.6. The van der Waals surface area contributed by atoms with Crippen molar-refractivity contribution in [1.29, 1.82) is 0 Å². The maximum atomic E-state index is 12.8. The van der Waals surface area contributed by atoms with Gasteiger partial charge in [-0.05, 0) is 47.9 Å². The number of carbonyl (C=O) groups is 1. The van der Waals surface area contributed by atoms with Crippen LogP contribution in [0.3, 0.4) is 0 Å². The van der Waals surface area contributed by atoms with Gasteiger partial charge < -0.3 is 28.4 Å². The summed E-state index contributed by atoms with van der Waals surface area (Å²) in [4.78, 5) is 22.9. The first-order valence-electron chi connectivity index (χ1n) is 12.3. The highest BCUT2D eigenvalue weighted by Gasteiger charge is 2.46. The summed E-state index contributed by atoms with van der Waals surface area (Å²) < 4.78 is 61.0. The molecule has 0 aromatic heterocycles. The first kappa shape index (κ1) is 28.1. The van der Waals surface area contributed by atoms with Crippen LogP contribution in [-0.4, -0.2) is 54.0 Å². The van der Waals surface area contributed by atoms with E-state index in [0.29, 0.717) is 22.8 Å². The van der Waals surface area contributed by atoms with Gasteiger partial charge >= 0.3 is 5.97 Å². The van der Waals surface area contributed by atoms with Crippen LogP contribution in [0.1, 0.15) is 39.3 Å². The summed E-state index contributed by atoms with van der Waals surface area (Å²) in [6.45, 7) is 0.0647. The number of nitro benzene ring substituents is 1. The quantitative estimate of drug-likeness (QED) is 0.151. The monoisotopic (exact) mass is 586 g/mol. The Morgan fingerprint density at radius 3 is 2.32 bits per heavy atom. The minimum absolute atomic E-state index is 0.0210. The average molecular weight is 587 g/mol. The Hall–Kier alpha value is -4.40. The summed E-state index contributed by atoms with van der Waals surface area (Å²) in [6.07, 6.45) is -0.743. The van der Waals surface area contributed by atoms with E-state index in [-0.39, 0.29) is 41.7 Å². The van der Waals surface area contributed by atoms with Crippen LogP contribution >= 0.6 is 0 Å². The number of carbonyl (C=O) groups excluding carboxylic acids is 1. The number of non-ortho nitro benzene ring substituents is 1. The third-order valence-electron chi connectivity index (χ3n) is 6.75. The van der Waals surface area contributed by atoms with E-state index in [1.165, 1.54) is 33.5 Å². The molecule has 1 N–H and O–H groups in total. The van der Waals surface area contributed by atoms with Crippen LogP contribution < -0.4 is 23.7 Å². The van der Waals surface area contributed by atoms with Crippen LogP contribution in [0.4, 0.5) is 5.69 Å². The maximum Gasteiger partial charge on any atom is 0.342 e. The van der Waals surface area contributed by atoms with E-state index < -0.39 is 33.1 Å². The summed E-state index contributed by atoms with van der Waals surface area (Å²) >= 11 is 0. The number of nitrogens with one attached hydrogen (secondary N) is 1. The number of esters is 1. The molecule has 0 radical (unpaired) electrons. The molecule has 0 saturated carbocycles. The van der Waals surface area contributed by atoms with Crippen molar-refractivity contribution in [1.82, 2.24) is 4.72 Å². The molecule has 0 unspecified atom stereocenters. The molecule has 2 aliphatic heterocycles. The lowest BCUT2D eigenvalue weighted by Crippen LogP contribution is -2.26. The van der Waals surface area contributed by atoms with Gasteiger partial charge in [0.05, 0.1) is 31.1 Å². The minimum Gasteiger partial charge on any atom is -0.493 e. The van der Waals surface area contributed by atoms with E-state index in [4.69, 9.17) is 28.4 Å². The molecule has 41 heavy (non-hydrogen) atoms. The first-order chi connectivity index (χ1) is 19.7.